The molecule has 1 N–H and O–H groups in total. The Labute approximate surface area is 164 Å². The van der Waals surface area contributed by atoms with Gasteiger partial charge in [0.25, 0.3) is 5.56 Å². The number of aromatic amines is 1. The first kappa shape index (κ1) is 18.4. The monoisotopic (exact) mass is 398 g/mol. The lowest BCUT2D eigenvalue weighted by Crippen LogP contribution is -2.18. The zero-order chi connectivity index (χ0) is 19.7. The molecule has 0 atom stereocenters. The summed E-state index contributed by atoms with van der Waals surface area (Å²) in [5, 5.41) is 0.668. The summed E-state index contributed by atoms with van der Waals surface area (Å²) >= 11 is 1.54. The zero-order valence-electron chi connectivity index (χ0n) is 15.2. The van der Waals surface area contributed by atoms with Gasteiger partial charge in [-0.25, -0.2) is 9.78 Å². The largest absolute Gasteiger partial charge is 0.482 e. The molecule has 1 aliphatic carbocycles. The van der Waals surface area contributed by atoms with Crippen molar-refractivity contribution >= 4 is 33.3 Å². The fourth-order valence-electron chi connectivity index (χ4n) is 3.25. The Morgan fingerprint density at radius 3 is 2.96 bits per heavy atom. The van der Waals surface area contributed by atoms with E-state index in [0.717, 1.165) is 24.8 Å². The second kappa shape index (κ2) is 7.55. The number of thiophene rings is 1. The summed E-state index contributed by atoms with van der Waals surface area (Å²) < 4.78 is 10.5. The molecule has 3 aromatic rings. The minimum absolute atomic E-state index is 0.0852. The molecule has 4 rings (SSSR count). The van der Waals surface area contributed by atoms with E-state index in [2.05, 4.69) is 9.97 Å². The van der Waals surface area contributed by atoms with E-state index in [-0.39, 0.29) is 24.6 Å². The molecule has 0 saturated heterocycles. The molecule has 0 fully saturated rings. The van der Waals surface area contributed by atoms with Crippen molar-refractivity contribution < 1.29 is 19.1 Å². The molecule has 0 unspecified atom stereocenters. The van der Waals surface area contributed by atoms with Crippen molar-refractivity contribution in [1.82, 2.24) is 9.97 Å². The van der Waals surface area contributed by atoms with Crippen LogP contribution in [0.25, 0.3) is 10.2 Å². The highest BCUT2D eigenvalue weighted by Crippen LogP contribution is 2.34. The molecule has 1 aromatic carbocycles. The Hall–Kier alpha value is -3.00. The van der Waals surface area contributed by atoms with Crippen LogP contribution < -0.4 is 10.3 Å². The Balaban J connectivity index is 1.38. The molecule has 0 radical (unpaired) electrons. The summed E-state index contributed by atoms with van der Waals surface area (Å²) in [5.41, 5.74) is 1.43. The molecule has 144 valence electrons. The van der Waals surface area contributed by atoms with E-state index < -0.39 is 5.97 Å². The maximum Gasteiger partial charge on any atom is 0.344 e. The number of benzene rings is 1. The van der Waals surface area contributed by atoms with Crippen molar-refractivity contribution in [3.63, 3.8) is 0 Å². The predicted octanol–water partition coefficient (Wildman–Crippen LogP) is 2.80. The van der Waals surface area contributed by atoms with E-state index in [1.807, 2.05) is 0 Å². The first-order valence-corrected chi connectivity index (χ1v) is 9.76. The molecular weight excluding hydrogens is 380 g/mol. The van der Waals surface area contributed by atoms with Gasteiger partial charge in [-0.1, -0.05) is 12.1 Å². The number of Topliss-reactive ketones (excluding diaryl/α,β-unsaturated/α-hetero) is 1. The molecule has 0 aliphatic heterocycles. The lowest BCUT2D eigenvalue weighted by Gasteiger charge is -2.07. The Bertz CT molecular complexity index is 1130. The van der Waals surface area contributed by atoms with E-state index in [0.29, 0.717) is 27.4 Å². The van der Waals surface area contributed by atoms with Gasteiger partial charge in [0.2, 0.25) is 0 Å². The standard InChI is InChI=1S/C20H18N2O5S/c1-11(23)12-4-2-5-13(8-12)26-10-17(24)27-9-16-21-19(25)18-14-6-3-7-15(14)28-20(18)22-16/h2,4-5,8H,3,6-7,9-10H2,1H3,(H,21,22,25). The van der Waals surface area contributed by atoms with E-state index in [1.54, 1.807) is 24.3 Å². The Morgan fingerprint density at radius 1 is 1.29 bits per heavy atom. The number of nitrogens with one attached hydrogen (secondary N) is 1. The molecule has 1 aliphatic rings. The minimum Gasteiger partial charge on any atom is -0.482 e. The van der Waals surface area contributed by atoms with Crippen molar-refractivity contribution in [1.29, 1.82) is 0 Å². The van der Waals surface area contributed by atoms with Gasteiger partial charge in [-0.2, -0.15) is 0 Å². The van der Waals surface area contributed by atoms with Gasteiger partial charge in [-0.3, -0.25) is 9.59 Å². The van der Waals surface area contributed by atoms with Crippen LogP contribution in [0.5, 0.6) is 5.75 Å². The smallest absolute Gasteiger partial charge is 0.344 e. The maximum atomic E-state index is 12.4. The topological polar surface area (TPSA) is 98.3 Å². The summed E-state index contributed by atoms with van der Waals surface area (Å²) in [6.45, 7) is 1.02. The number of ether oxygens (including phenoxy) is 2. The molecule has 2 heterocycles. The lowest BCUT2D eigenvalue weighted by atomic mass is 10.1. The lowest BCUT2D eigenvalue weighted by molar-refractivity contribution is -0.147. The van der Waals surface area contributed by atoms with E-state index in [4.69, 9.17) is 9.47 Å². The molecule has 7 nitrogen and oxygen atoms in total. The predicted molar refractivity (Wildman–Crippen MR) is 104 cm³/mol. The molecular formula is C20H18N2O5S. The molecule has 0 saturated carbocycles. The number of esters is 1. The molecule has 0 bridgehead atoms. The van der Waals surface area contributed by atoms with Crippen molar-refractivity contribution in [2.24, 2.45) is 0 Å². The fourth-order valence-corrected chi connectivity index (χ4v) is 4.53. The Kier molecular flexibility index (Phi) is 4.95. The van der Waals surface area contributed by atoms with Gasteiger partial charge in [0, 0.05) is 10.4 Å². The Morgan fingerprint density at radius 2 is 2.14 bits per heavy atom. The van der Waals surface area contributed by atoms with Gasteiger partial charge in [0.05, 0.1) is 5.39 Å². The van der Waals surface area contributed by atoms with Crippen LogP contribution in [0.15, 0.2) is 29.1 Å². The number of carbonyl (C=O) groups is 2. The number of carbonyl (C=O) groups excluding carboxylic acids is 2. The highest BCUT2D eigenvalue weighted by molar-refractivity contribution is 7.18. The third-order valence-electron chi connectivity index (χ3n) is 4.59. The number of H-pyrrole nitrogens is 1. The van der Waals surface area contributed by atoms with Crippen molar-refractivity contribution in [2.75, 3.05) is 6.61 Å². The van der Waals surface area contributed by atoms with Crippen LogP contribution in [0, 0.1) is 0 Å². The summed E-state index contributed by atoms with van der Waals surface area (Å²) in [7, 11) is 0. The number of fused-ring (bicyclic) bond motifs is 3. The summed E-state index contributed by atoms with van der Waals surface area (Å²) in [6, 6.07) is 6.58. The number of hydrogen-bond acceptors (Lipinski definition) is 7. The second-order valence-corrected chi connectivity index (χ2v) is 7.67. The van der Waals surface area contributed by atoms with Crippen LogP contribution in [0.1, 0.15) is 40.0 Å². The number of aryl methyl sites for hydroxylation is 2. The summed E-state index contributed by atoms with van der Waals surface area (Å²) in [6.07, 6.45) is 2.98. The normalized spacial score (nSPS) is 12.8. The number of hydrogen-bond donors (Lipinski definition) is 1. The highest BCUT2D eigenvalue weighted by atomic mass is 32.1. The third-order valence-corrected chi connectivity index (χ3v) is 5.78. The number of ketones is 1. The third kappa shape index (κ3) is 3.68. The number of rotatable bonds is 6. The maximum absolute atomic E-state index is 12.4. The average Bonchev–Trinajstić information content (AvgIpc) is 3.25. The van der Waals surface area contributed by atoms with Crippen LogP contribution in [0.2, 0.25) is 0 Å². The SMILES string of the molecule is CC(=O)c1cccc(OCC(=O)OCc2nc3sc4c(c3c(=O)[nH]2)CCC4)c1. The first-order valence-electron chi connectivity index (χ1n) is 8.94. The number of nitrogens with zero attached hydrogens (tertiary/aromatic N) is 1. The van der Waals surface area contributed by atoms with E-state index >= 15 is 0 Å². The fraction of sp³-hybridized carbons (Fsp3) is 0.300. The van der Waals surface area contributed by atoms with Gasteiger partial charge >= 0.3 is 5.97 Å². The van der Waals surface area contributed by atoms with Crippen molar-refractivity contribution in [3.8, 4) is 5.75 Å². The molecule has 0 amide bonds. The van der Waals surface area contributed by atoms with Gasteiger partial charge < -0.3 is 14.5 Å². The van der Waals surface area contributed by atoms with Gasteiger partial charge in [0.15, 0.2) is 12.4 Å². The molecule has 2 aromatic heterocycles. The molecule has 0 spiro atoms. The quantitative estimate of drug-likeness (QED) is 0.506. The minimum atomic E-state index is -0.593. The van der Waals surface area contributed by atoms with Crippen LogP contribution in [-0.2, 0) is 29.0 Å². The van der Waals surface area contributed by atoms with Crippen LogP contribution in [0.4, 0.5) is 0 Å². The van der Waals surface area contributed by atoms with Crippen molar-refractivity contribution in [3.05, 3.63) is 56.4 Å². The second-order valence-electron chi connectivity index (χ2n) is 6.58. The van der Waals surface area contributed by atoms with Gasteiger partial charge in [-0.15, -0.1) is 11.3 Å². The number of aromatic nitrogens is 2. The molecule has 28 heavy (non-hydrogen) atoms. The average molecular weight is 398 g/mol. The van der Waals surface area contributed by atoms with Crippen LogP contribution >= 0.6 is 11.3 Å². The van der Waals surface area contributed by atoms with E-state index in [1.165, 1.54) is 23.1 Å². The van der Waals surface area contributed by atoms with Gasteiger partial charge in [-0.05, 0) is 43.9 Å². The summed E-state index contributed by atoms with van der Waals surface area (Å²) in [4.78, 5) is 44.7. The van der Waals surface area contributed by atoms with Gasteiger partial charge in [0.1, 0.15) is 23.0 Å². The first-order chi connectivity index (χ1) is 13.5. The van der Waals surface area contributed by atoms with Crippen molar-refractivity contribution in [2.45, 2.75) is 32.8 Å². The molecule has 8 heteroatoms. The van der Waals surface area contributed by atoms with Crippen LogP contribution in [-0.4, -0.2) is 28.3 Å². The summed E-state index contributed by atoms with van der Waals surface area (Å²) in [5.74, 6) is 0.0395. The van der Waals surface area contributed by atoms with Crippen LogP contribution in [0.3, 0.4) is 0 Å². The zero-order valence-corrected chi connectivity index (χ0v) is 16.1. The van der Waals surface area contributed by atoms with E-state index in [9.17, 15) is 14.4 Å². The highest BCUT2D eigenvalue weighted by Gasteiger charge is 2.21.